The van der Waals surface area contributed by atoms with Gasteiger partial charge >= 0.3 is 5.97 Å². The minimum atomic E-state index is -0.766. The normalized spacial score (nSPS) is 15.4. The second-order valence-corrected chi connectivity index (χ2v) is 10.1. The highest BCUT2D eigenvalue weighted by atomic mass is 79.9. The van der Waals surface area contributed by atoms with Crippen molar-refractivity contribution >= 4 is 50.9 Å². The number of hydrogen-bond acceptors (Lipinski definition) is 7. The molecule has 1 aromatic heterocycles. The van der Waals surface area contributed by atoms with Crippen LogP contribution in [0, 0.1) is 0 Å². The summed E-state index contributed by atoms with van der Waals surface area (Å²) < 4.78 is 19.1. The number of nitrogens with zero attached hydrogens (tertiary/aromatic N) is 2. The van der Waals surface area contributed by atoms with Crippen molar-refractivity contribution in [2.45, 2.75) is 26.8 Å². The second kappa shape index (κ2) is 11.0. The second-order valence-electron chi connectivity index (χ2n) is 7.79. The molecule has 1 aliphatic rings. The van der Waals surface area contributed by atoms with Gasteiger partial charge in [0.05, 0.1) is 40.6 Å². The van der Waals surface area contributed by atoms with Gasteiger partial charge in [-0.3, -0.25) is 9.36 Å². The van der Waals surface area contributed by atoms with Crippen LogP contribution in [0.3, 0.4) is 0 Å². The quantitative estimate of drug-likeness (QED) is 0.375. The van der Waals surface area contributed by atoms with Crippen LogP contribution in [0.2, 0.25) is 5.02 Å². The zero-order chi connectivity index (χ0) is 26.0. The Hall–Kier alpha value is -2.88. The molecule has 0 saturated heterocycles. The van der Waals surface area contributed by atoms with Crippen LogP contribution in [-0.4, -0.2) is 30.9 Å². The van der Waals surface area contributed by atoms with E-state index < -0.39 is 12.0 Å². The smallest absolute Gasteiger partial charge is 0.338 e. The van der Waals surface area contributed by atoms with Crippen LogP contribution in [0.1, 0.15) is 37.9 Å². The number of hydrogen-bond donors (Lipinski definition) is 0. The number of ether oxygens (including phenoxy) is 3. The Bertz CT molecular complexity index is 1540. The number of esters is 1. The molecule has 0 amide bonds. The number of aromatic nitrogens is 1. The first-order chi connectivity index (χ1) is 17.3. The van der Waals surface area contributed by atoms with Gasteiger partial charge < -0.3 is 14.2 Å². The maximum atomic E-state index is 13.8. The highest BCUT2D eigenvalue weighted by Crippen LogP contribution is 2.37. The van der Waals surface area contributed by atoms with Crippen molar-refractivity contribution in [3.05, 3.63) is 88.0 Å². The molecule has 1 aliphatic heterocycles. The summed E-state index contributed by atoms with van der Waals surface area (Å²) in [6.45, 7) is 6.04. The Morgan fingerprint density at radius 2 is 2.00 bits per heavy atom. The van der Waals surface area contributed by atoms with Crippen LogP contribution < -0.4 is 24.4 Å². The van der Waals surface area contributed by atoms with Crippen molar-refractivity contribution < 1.29 is 19.0 Å². The number of carbonyl (C=O) groups is 1. The number of carbonyl (C=O) groups excluding carboxylic acids is 1. The Morgan fingerprint density at radius 3 is 2.67 bits per heavy atom. The molecular formula is C26H24BrClN2O5S. The van der Waals surface area contributed by atoms with Crippen molar-refractivity contribution in [2.75, 3.05) is 20.3 Å². The third-order valence-electron chi connectivity index (χ3n) is 5.56. The molecule has 0 N–H and O–H groups in total. The largest absolute Gasteiger partial charge is 0.493 e. The first-order valence-electron chi connectivity index (χ1n) is 11.2. The fraction of sp³-hybridized carbons (Fsp3) is 0.269. The monoisotopic (exact) mass is 590 g/mol. The van der Waals surface area contributed by atoms with E-state index in [1.165, 1.54) is 15.9 Å². The summed E-state index contributed by atoms with van der Waals surface area (Å²) >= 11 is 11.3. The van der Waals surface area contributed by atoms with Crippen molar-refractivity contribution in [3.8, 4) is 11.5 Å². The SMILES string of the molecule is CCOC(=O)C1=C(C)N=c2sc(=Cc3cc(Br)c(OCC)c(OC)c3)c(=O)n2[C@H]1c1ccccc1Cl. The minimum absolute atomic E-state index is 0.198. The Balaban J connectivity index is 1.94. The van der Waals surface area contributed by atoms with Gasteiger partial charge in [-0.25, -0.2) is 9.79 Å². The number of allylic oxidation sites excluding steroid dienone is 1. The first-order valence-corrected chi connectivity index (χ1v) is 13.2. The lowest BCUT2D eigenvalue weighted by Gasteiger charge is -2.25. The van der Waals surface area contributed by atoms with Gasteiger partial charge in [0.15, 0.2) is 16.3 Å². The number of methoxy groups -OCH3 is 1. The molecule has 10 heteroatoms. The van der Waals surface area contributed by atoms with E-state index in [0.717, 1.165) is 5.56 Å². The number of fused-ring (bicyclic) bond motifs is 1. The van der Waals surface area contributed by atoms with Gasteiger partial charge in [0.25, 0.3) is 5.56 Å². The van der Waals surface area contributed by atoms with Crippen LogP contribution in [0.5, 0.6) is 11.5 Å². The summed E-state index contributed by atoms with van der Waals surface area (Å²) in [5, 5.41) is 0.439. The van der Waals surface area contributed by atoms with Crippen LogP contribution in [0.25, 0.3) is 6.08 Å². The van der Waals surface area contributed by atoms with Gasteiger partial charge in [-0.05, 0) is 72.1 Å². The average Bonchev–Trinajstić information content (AvgIpc) is 3.14. The van der Waals surface area contributed by atoms with Gasteiger partial charge in [-0.15, -0.1) is 0 Å². The summed E-state index contributed by atoms with van der Waals surface area (Å²) in [4.78, 5) is 31.8. The molecule has 0 bridgehead atoms. The molecule has 0 saturated carbocycles. The van der Waals surface area contributed by atoms with E-state index in [1.54, 1.807) is 51.3 Å². The number of benzene rings is 2. The van der Waals surface area contributed by atoms with E-state index in [4.69, 9.17) is 25.8 Å². The van der Waals surface area contributed by atoms with Crippen molar-refractivity contribution in [1.82, 2.24) is 4.57 Å². The molecule has 2 heterocycles. The lowest BCUT2D eigenvalue weighted by Crippen LogP contribution is -2.40. The van der Waals surface area contributed by atoms with Gasteiger partial charge in [-0.2, -0.15) is 0 Å². The zero-order valence-electron chi connectivity index (χ0n) is 20.1. The fourth-order valence-corrected chi connectivity index (χ4v) is 5.90. The maximum Gasteiger partial charge on any atom is 0.338 e. The maximum absolute atomic E-state index is 13.8. The van der Waals surface area contributed by atoms with E-state index in [-0.39, 0.29) is 17.7 Å². The average molecular weight is 592 g/mol. The summed E-state index contributed by atoms with van der Waals surface area (Å²) in [6.07, 6.45) is 1.76. The molecule has 188 valence electrons. The fourth-order valence-electron chi connectivity index (χ4n) is 4.04. The van der Waals surface area contributed by atoms with Gasteiger partial charge in [-0.1, -0.05) is 41.1 Å². The molecule has 7 nitrogen and oxygen atoms in total. The molecule has 4 rings (SSSR count). The summed E-state index contributed by atoms with van der Waals surface area (Å²) in [6, 6.07) is 10.0. The Kier molecular flexibility index (Phi) is 8.02. The van der Waals surface area contributed by atoms with E-state index in [0.29, 0.717) is 48.2 Å². The third-order valence-corrected chi connectivity index (χ3v) is 7.47. The van der Waals surface area contributed by atoms with Gasteiger partial charge in [0.2, 0.25) is 0 Å². The standard InChI is InChI=1S/C26H24BrClN2O5S/c1-5-34-23-17(27)11-15(12-19(23)33-4)13-20-24(31)30-22(16-9-7-8-10-18(16)28)21(25(32)35-6-2)14(3)29-26(30)36-20/h7-13,22H,5-6H2,1-4H3/t22-/m0/s1. The summed E-state index contributed by atoms with van der Waals surface area (Å²) in [5.74, 6) is 0.602. The lowest BCUT2D eigenvalue weighted by molar-refractivity contribution is -0.139. The molecule has 3 aromatic rings. The molecule has 1 atom stereocenters. The van der Waals surface area contributed by atoms with Gasteiger partial charge in [0.1, 0.15) is 6.04 Å². The topological polar surface area (TPSA) is 79.1 Å². The Morgan fingerprint density at radius 1 is 1.25 bits per heavy atom. The first kappa shape index (κ1) is 26.2. The minimum Gasteiger partial charge on any atom is -0.493 e. The van der Waals surface area contributed by atoms with Gasteiger partial charge in [0, 0.05) is 5.02 Å². The molecule has 2 aromatic carbocycles. The summed E-state index contributed by atoms with van der Waals surface area (Å²) in [7, 11) is 1.56. The molecule has 0 radical (unpaired) electrons. The molecule has 0 aliphatic carbocycles. The van der Waals surface area contributed by atoms with Crippen molar-refractivity contribution in [2.24, 2.45) is 4.99 Å². The highest BCUT2D eigenvalue weighted by Gasteiger charge is 2.34. The highest BCUT2D eigenvalue weighted by molar-refractivity contribution is 9.10. The number of rotatable bonds is 7. The van der Waals surface area contributed by atoms with Crippen molar-refractivity contribution in [1.29, 1.82) is 0 Å². The van der Waals surface area contributed by atoms with Crippen LogP contribution in [0.15, 0.2) is 61.9 Å². The number of halogens is 2. The van der Waals surface area contributed by atoms with E-state index in [2.05, 4.69) is 20.9 Å². The van der Waals surface area contributed by atoms with E-state index in [1.807, 2.05) is 19.1 Å². The Labute approximate surface area is 225 Å². The molecule has 36 heavy (non-hydrogen) atoms. The van der Waals surface area contributed by atoms with Crippen LogP contribution >= 0.6 is 38.9 Å². The van der Waals surface area contributed by atoms with Crippen LogP contribution in [0.4, 0.5) is 0 Å². The van der Waals surface area contributed by atoms with Crippen molar-refractivity contribution in [3.63, 3.8) is 0 Å². The molecular weight excluding hydrogens is 568 g/mol. The van der Waals surface area contributed by atoms with E-state index >= 15 is 0 Å². The number of thiazole rings is 1. The third kappa shape index (κ3) is 4.87. The molecule has 0 fully saturated rings. The van der Waals surface area contributed by atoms with E-state index in [9.17, 15) is 9.59 Å². The molecule has 0 unspecified atom stereocenters. The molecule has 0 spiro atoms. The predicted molar refractivity (Wildman–Crippen MR) is 144 cm³/mol. The zero-order valence-corrected chi connectivity index (χ0v) is 23.3. The lowest BCUT2D eigenvalue weighted by atomic mass is 9.96. The van der Waals surface area contributed by atoms with Crippen LogP contribution in [-0.2, 0) is 9.53 Å². The summed E-state index contributed by atoms with van der Waals surface area (Å²) in [5.41, 5.74) is 1.84. The predicted octanol–water partition coefficient (Wildman–Crippen LogP) is 4.62.